The van der Waals surface area contributed by atoms with Crippen molar-refractivity contribution in [1.29, 1.82) is 0 Å². The van der Waals surface area contributed by atoms with Crippen LogP contribution in [0.5, 0.6) is 0 Å². The zero-order chi connectivity index (χ0) is 27.3. The van der Waals surface area contributed by atoms with Crippen molar-refractivity contribution in [2.45, 2.75) is 31.8 Å². The lowest BCUT2D eigenvalue weighted by Gasteiger charge is -2.40. The molecule has 7 rings (SSSR count). The highest BCUT2D eigenvalue weighted by molar-refractivity contribution is 6.34. The van der Waals surface area contributed by atoms with E-state index in [9.17, 15) is 4.79 Å². The topological polar surface area (TPSA) is 106 Å². The molecule has 3 aromatic carbocycles. The maximum Gasteiger partial charge on any atom is 0.253 e. The number of aromatic amines is 1. The van der Waals surface area contributed by atoms with Gasteiger partial charge in [0.15, 0.2) is 5.82 Å². The van der Waals surface area contributed by atoms with Gasteiger partial charge in [0, 0.05) is 27.8 Å². The molecule has 0 radical (unpaired) electrons. The molecule has 1 atom stereocenters. The number of aromatic nitrogens is 7. The first-order valence-corrected chi connectivity index (χ1v) is 13.4. The van der Waals surface area contributed by atoms with Crippen LogP contribution in [0.25, 0.3) is 28.0 Å². The zero-order valence-corrected chi connectivity index (χ0v) is 22.4. The molecular formula is C30H25ClN8O. The van der Waals surface area contributed by atoms with Crippen molar-refractivity contribution in [3.05, 3.63) is 113 Å². The van der Waals surface area contributed by atoms with Crippen molar-refractivity contribution in [2.75, 3.05) is 0 Å². The lowest BCUT2D eigenvalue weighted by molar-refractivity contribution is 0.0868. The van der Waals surface area contributed by atoms with Crippen LogP contribution >= 0.6 is 11.6 Å². The Labute approximate surface area is 234 Å². The van der Waals surface area contributed by atoms with E-state index in [0.29, 0.717) is 23.6 Å². The summed E-state index contributed by atoms with van der Waals surface area (Å²) in [7, 11) is 0. The van der Waals surface area contributed by atoms with Gasteiger partial charge >= 0.3 is 0 Å². The number of hydrogen-bond acceptors (Lipinski definition) is 5. The SMILES string of the molecule is Cc1ccc2c(c1)c(-c1ncn[nH]1)c1n2C[C@@](NC(=O)c2ccc(-n3cnnc3)cc2Cl)(c2ccccc2)CC1. The molecule has 0 unspecified atom stereocenters. The monoisotopic (exact) mass is 548 g/mol. The summed E-state index contributed by atoms with van der Waals surface area (Å²) in [6.07, 6.45) is 6.15. The van der Waals surface area contributed by atoms with E-state index in [-0.39, 0.29) is 5.91 Å². The molecule has 1 amide bonds. The predicted octanol–water partition coefficient (Wildman–Crippen LogP) is 5.24. The summed E-state index contributed by atoms with van der Waals surface area (Å²) in [5.74, 6) is 0.524. The van der Waals surface area contributed by atoms with E-state index in [2.05, 4.69) is 72.5 Å². The second-order valence-corrected chi connectivity index (χ2v) is 10.6. The Hall–Kier alpha value is -4.76. The first kappa shape index (κ1) is 24.3. The number of hydrogen-bond donors (Lipinski definition) is 2. The average Bonchev–Trinajstić information content (AvgIpc) is 3.74. The minimum atomic E-state index is -0.656. The standard InChI is InChI=1S/C30H25ClN8O/c1-19-7-10-25-23(13-19)27(28-32-16-33-37-28)26-11-12-30(15-39(25)26,20-5-3-2-4-6-20)36-29(40)22-9-8-21(14-24(22)31)38-17-34-35-18-38/h2-10,13-14,16-18H,11-12,15H2,1H3,(H,36,40)(H,32,33,37)/t30-/m1/s1. The molecule has 10 heteroatoms. The molecule has 9 nitrogen and oxygen atoms in total. The molecule has 2 N–H and O–H groups in total. The van der Waals surface area contributed by atoms with Crippen LogP contribution in [-0.4, -0.2) is 40.4 Å². The summed E-state index contributed by atoms with van der Waals surface area (Å²) in [6.45, 7) is 2.65. The molecule has 0 saturated heterocycles. The van der Waals surface area contributed by atoms with Crippen molar-refractivity contribution < 1.29 is 4.79 Å². The number of benzene rings is 3. The number of rotatable bonds is 5. The fourth-order valence-corrected chi connectivity index (χ4v) is 6.13. The fraction of sp³-hybridized carbons (Fsp3) is 0.167. The van der Waals surface area contributed by atoms with Gasteiger partial charge in [-0.15, -0.1) is 10.2 Å². The summed E-state index contributed by atoms with van der Waals surface area (Å²) < 4.78 is 4.06. The van der Waals surface area contributed by atoms with E-state index in [1.54, 1.807) is 29.4 Å². The molecule has 1 aliphatic rings. The van der Waals surface area contributed by atoms with Crippen LogP contribution < -0.4 is 5.32 Å². The third-order valence-corrected chi connectivity index (χ3v) is 8.10. The van der Waals surface area contributed by atoms with E-state index in [4.69, 9.17) is 11.6 Å². The molecule has 198 valence electrons. The quantitative estimate of drug-likeness (QED) is 0.306. The van der Waals surface area contributed by atoms with Crippen LogP contribution in [-0.2, 0) is 18.5 Å². The van der Waals surface area contributed by atoms with Gasteiger partial charge in [-0.3, -0.25) is 14.5 Å². The highest BCUT2D eigenvalue weighted by atomic mass is 35.5. The second-order valence-electron chi connectivity index (χ2n) is 10.2. The molecule has 3 aromatic heterocycles. The zero-order valence-electron chi connectivity index (χ0n) is 21.7. The van der Waals surface area contributed by atoms with Crippen molar-refractivity contribution in [2.24, 2.45) is 0 Å². The Bertz CT molecular complexity index is 1840. The van der Waals surface area contributed by atoms with E-state index >= 15 is 0 Å². The summed E-state index contributed by atoms with van der Waals surface area (Å²) in [5, 5.41) is 19.8. The first-order valence-electron chi connectivity index (χ1n) is 13.0. The lowest BCUT2D eigenvalue weighted by Crippen LogP contribution is -2.51. The number of nitrogens with one attached hydrogen (secondary N) is 2. The molecular weight excluding hydrogens is 524 g/mol. The average molecular weight is 549 g/mol. The van der Waals surface area contributed by atoms with Gasteiger partial charge in [0.05, 0.1) is 22.7 Å². The fourth-order valence-electron chi connectivity index (χ4n) is 5.87. The van der Waals surface area contributed by atoms with Gasteiger partial charge in [-0.05, 0) is 55.7 Å². The number of carbonyl (C=O) groups is 1. The molecule has 0 saturated carbocycles. The Morgan fingerprint density at radius 1 is 1.05 bits per heavy atom. The highest BCUT2D eigenvalue weighted by Gasteiger charge is 2.40. The van der Waals surface area contributed by atoms with E-state index in [1.165, 1.54) is 17.6 Å². The maximum atomic E-state index is 13.9. The van der Waals surface area contributed by atoms with Crippen molar-refractivity contribution in [3.63, 3.8) is 0 Å². The minimum absolute atomic E-state index is 0.227. The van der Waals surface area contributed by atoms with Gasteiger partial charge in [-0.2, -0.15) is 5.10 Å². The largest absolute Gasteiger partial charge is 0.341 e. The van der Waals surface area contributed by atoms with Crippen molar-refractivity contribution in [1.82, 2.24) is 39.8 Å². The summed E-state index contributed by atoms with van der Waals surface area (Å²) in [5.41, 5.74) is 6.08. The lowest BCUT2D eigenvalue weighted by atomic mass is 9.81. The Morgan fingerprint density at radius 3 is 2.62 bits per heavy atom. The van der Waals surface area contributed by atoms with Gasteiger partial charge < -0.3 is 9.88 Å². The van der Waals surface area contributed by atoms with Crippen LogP contribution in [0, 0.1) is 6.92 Å². The summed E-state index contributed by atoms with van der Waals surface area (Å²) in [6, 6.07) is 22.0. The normalized spacial score (nSPS) is 16.6. The highest BCUT2D eigenvalue weighted by Crippen LogP contribution is 2.42. The van der Waals surface area contributed by atoms with Crippen LogP contribution in [0.15, 0.2) is 85.7 Å². The number of nitrogens with zero attached hydrogens (tertiary/aromatic N) is 6. The Balaban J connectivity index is 1.32. The third kappa shape index (κ3) is 3.97. The number of amides is 1. The number of halogens is 1. The van der Waals surface area contributed by atoms with Gasteiger partial charge in [0.25, 0.3) is 5.91 Å². The predicted molar refractivity (Wildman–Crippen MR) is 152 cm³/mol. The van der Waals surface area contributed by atoms with E-state index < -0.39 is 5.54 Å². The van der Waals surface area contributed by atoms with E-state index in [0.717, 1.165) is 40.0 Å². The molecule has 6 aromatic rings. The molecule has 0 spiro atoms. The Kier molecular flexibility index (Phi) is 5.74. The number of fused-ring (bicyclic) bond motifs is 3. The van der Waals surface area contributed by atoms with Gasteiger partial charge in [-0.1, -0.05) is 53.6 Å². The summed E-state index contributed by atoms with van der Waals surface area (Å²) in [4.78, 5) is 18.4. The molecule has 40 heavy (non-hydrogen) atoms. The molecule has 0 aliphatic carbocycles. The first-order chi connectivity index (χ1) is 19.5. The third-order valence-electron chi connectivity index (χ3n) is 7.79. The second kappa shape index (κ2) is 9.46. The molecule has 0 bridgehead atoms. The van der Waals surface area contributed by atoms with Crippen LogP contribution in [0.1, 0.15) is 33.6 Å². The van der Waals surface area contributed by atoms with E-state index in [1.807, 2.05) is 24.3 Å². The number of aryl methyl sites for hydroxylation is 1. The van der Waals surface area contributed by atoms with Crippen LogP contribution in [0.3, 0.4) is 0 Å². The van der Waals surface area contributed by atoms with Gasteiger partial charge in [0.2, 0.25) is 0 Å². The minimum Gasteiger partial charge on any atom is -0.341 e. The van der Waals surface area contributed by atoms with Gasteiger partial charge in [0.1, 0.15) is 19.0 Å². The Morgan fingerprint density at radius 2 is 1.88 bits per heavy atom. The number of H-pyrrole nitrogens is 1. The molecule has 4 heterocycles. The summed E-state index contributed by atoms with van der Waals surface area (Å²) >= 11 is 6.65. The maximum absolute atomic E-state index is 13.9. The molecule has 1 aliphatic heterocycles. The smallest absolute Gasteiger partial charge is 0.253 e. The number of carbonyl (C=O) groups excluding carboxylic acids is 1. The van der Waals surface area contributed by atoms with Gasteiger partial charge in [-0.25, -0.2) is 4.98 Å². The van der Waals surface area contributed by atoms with Crippen LogP contribution in [0.2, 0.25) is 5.02 Å². The van der Waals surface area contributed by atoms with Crippen LogP contribution in [0.4, 0.5) is 0 Å². The molecule has 0 fully saturated rings. The van der Waals surface area contributed by atoms with Crippen molar-refractivity contribution >= 4 is 28.4 Å². The van der Waals surface area contributed by atoms with Crippen molar-refractivity contribution in [3.8, 4) is 17.1 Å².